The third-order valence-corrected chi connectivity index (χ3v) is 3.93. The number of carbonyl (C=O) groups excluding carboxylic acids is 1. The maximum Gasteiger partial charge on any atom is 0.287 e. The Hall–Kier alpha value is -1.81. The first-order chi connectivity index (χ1) is 9.82. The van der Waals surface area contributed by atoms with E-state index in [-0.39, 0.29) is 18.4 Å². The summed E-state index contributed by atoms with van der Waals surface area (Å²) in [4.78, 5) is 12.3. The molecule has 0 aliphatic heterocycles. The van der Waals surface area contributed by atoms with Gasteiger partial charge in [-0.05, 0) is 37.8 Å². The van der Waals surface area contributed by atoms with Crippen molar-refractivity contribution < 1.29 is 14.3 Å². The first kappa shape index (κ1) is 15.6. The summed E-state index contributed by atoms with van der Waals surface area (Å²) in [5, 5.41) is 13.5. The summed E-state index contributed by atoms with van der Waals surface area (Å²) in [6, 6.07) is 4.02. The molecule has 0 aliphatic rings. The summed E-state index contributed by atoms with van der Waals surface area (Å²) >= 11 is 0. The van der Waals surface area contributed by atoms with Crippen LogP contribution in [0.1, 0.15) is 41.1 Å². The molecular formula is C17H23NO3. The van der Waals surface area contributed by atoms with Gasteiger partial charge in [-0.1, -0.05) is 26.0 Å². The summed E-state index contributed by atoms with van der Waals surface area (Å²) in [7, 11) is 0. The van der Waals surface area contributed by atoms with Crippen LogP contribution in [0.15, 0.2) is 16.5 Å². The van der Waals surface area contributed by atoms with Gasteiger partial charge >= 0.3 is 0 Å². The highest BCUT2D eigenvalue weighted by molar-refractivity contribution is 6.00. The Balaban J connectivity index is 2.30. The number of fused-ring (bicyclic) bond motifs is 1. The highest BCUT2D eigenvalue weighted by Crippen LogP contribution is 2.30. The van der Waals surface area contributed by atoms with E-state index in [0.717, 1.165) is 27.7 Å². The number of hydrogen-bond acceptors (Lipinski definition) is 3. The second-order valence-electron chi connectivity index (χ2n) is 5.98. The molecule has 1 heterocycles. The number of amides is 1. The number of benzene rings is 1. The summed E-state index contributed by atoms with van der Waals surface area (Å²) in [5.41, 5.74) is 3.72. The molecule has 2 aromatic rings. The van der Waals surface area contributed by atoms with Crippen LogP contribution in [0.2, 0.25) is 0 Å². The van der Waals surface area contributed by atoms with Crippen LogP contribution in [0.3, 0.4) is 0 Å². The van der Waals surface area contributed by atoms with Gasteiger partial charge in [-0.2, -0.15) is 0 Å². The number of nitrogens with one attached hydrogen (secondary N) is 1. The molecule has 2 rings (SSSR count). The van der Waals surface area contributed by atoms with Gasteiger partial charge in [-0.15, -0.1) is 0 Å². The number of aliphatic hydroxyl groups excluding tert-OH is 1. The van der Waals surface area contributed by atoms with Crippen LogP contribution in [-0.2, 0) is 0 Å². The number of carbonyl (C=O) groups is 1. The average Bonchev–Trinajstić information content (AvgIpc) is 2.79. The Kier molecular flexibility index (Phi) is 4.37. The molecule has 0 spiro atoms. The highest BCUT2D eigenvalue weighted by atomic mass is 16.3. The van der Waals surface area contributed by atoms with Crippen LogP contribution in [0.4, 0.5) is 0 Å². The number of rotatable bonds is 4. The fraction of sp³-hybridized carbons (Fsp3) is 0.471. The minimum absolute atomic E-state index is 0.103. The van der Waals surface area contributed by atoms with Gasteiger partial charge in [0.05, 0.1) is 6.10 Å². The smallest absolute Gasteiger partial charge is 0.287 e. The summed E-state index contributed by atoms with van der Waals surface area (Å²) in [5.74, 6) is 0.159. The largest absolute Gasteiger partial charge is 0.450 e. The molecule has 4 nitrogen and oxygen atoms in total. The minimum atomic E-state index is -0.554. The summed E-state index contributed by atoms with van der Waals surface area (Å²) in [6.45, 7) is 9.92. The lowest BCUT2D eigenvalue weighted by Gasteiger charge is -2.14. The zero-order valence-electron chi connectivity index (χ0n) is 13.3. The van der Waals surface area contributed by atoms with Crippen molar-refractivity contribution in [1.82, 2.24) is 5.32 Å². The predicted octanol–water partition coefficient (Wildman–Crippen LogP) is 3.10. The molecule has 2 N–H and O–H groups in total. The number of hydrogen-bond donors (Lipinski definition) is 2. The fourth-order valence-corrected chi connectivity index (χ4v) is 2.40. The molecule has 1 amide bonds. The first-order valence-corrected chi connectivity index (χ1v) is 7.28. The zero-order valence-corrected chi connectivity index (χ0v) is 13.3. The van der Waals surface area contributed by atoms with Crippen molar-refractivity contribution >= 4 is 16.9 Å². The molecule has 0 fully saturated rings. The Morgan fingerprint density at radius 2 is 1.86 bits per heavy atom. The van der Waals surface area contributed by atoms with E-state index in [1.807, 2.05) is 46.8 Å². The third kappa shape index (κ3) is 2.95. The van der Waals surface area contributed by atoms with Gasteiger partial charge in [-0.3, -0.25) is 4.79 Å². The molecule has 1 unspecified atom stereocenters. The van der Waals surface area contributed by atoms with Crippen LogP contribution in [-0.4, -0.2) is 23.7 Å². The summed E-state index contributed by atoms with van der Waals surface area (Å²) in [6.07, 6.45) is -0.554. The lowest BCUT2D eigenvalue weighted by molar-refractivity contribution is 0.0848. The quantitative estimate of drug-likeness (QED) is 0.909. The van der Waals surface area contributed by atoms with Crippen LogP contribution in [0.25, 0.3) is 11.0 Å². The molecule has 0 bridgehead atoms. The van der Waals surface area contributed by atoms with E-state index in [9.17, 15) is 9.90 Å². The Morgan fingerprint density at radius 3 is 2.43 bits per heavy atom. The van der Waals surface area contributed by atoms with Gasteiger partial charge in [0.2, 0.25) is 0 Å². The second kappa shape index (κ2) is 5.90. The van der Waals surface area contributed by atoms with Crippen LogP contribution in [0.5, 0.6) is 0 Å². The fourth-order valence-electron chi connectivity index (χ4n) is 2.40. The number of aliphatic hydroxyl groups is 1. The lowest BCUT2D eigenvalue weighted by Crippen LogP contribution is -2.34. The highest BCUT2D eigenvalue weighted by Gasteiger charge is 2.20. The van der Waals surface area contributed by atoms with Gasteiger partial charge in [0.15, 0.2) is 5.76 Å². The third-order valence-electron chi connectivity index (χ3n) is 3.93. The van der Waals surface area contributed by atoms with Crippen molar-refractivity contribution in [3.63, 3.8) is 0 Å². The SMILES string of the molecule is Cc1ccc(C)c2c(C)c(C(=O)NCC(O)C(C)C)oc12. The molecule has 0 saturated heterocycles. The normalized spacial score (nSPS) is 12.9. The average molecular weight is 289 g/mol. The van der Waals surface area contributed by atoms with Crippen LogP contribution < -0.4 is 5.32 Å². The van der Waals surface area contributed by atoms with E-state index >= 15 is 0 Å². The van der Waals surface area contributed by atoms with Crippen molar-refractivity contribution in [2.24, 2.45) is 5.92 Å². The maximum atomic E-state index is 12.3. The van der Waals surface area contributed by atoms with Crippen LogP contribution >= 0.6 is 0 Å². The topological polar surface area (TPSA) is 62.5 Å². The summed E-state index contributed by atoms with van der Waals surface area (Å²) < 4.78 is 5.77. The number of aryl methyl sites for hydroxylation is 3. The van der Waals surface area contributed by atoms with Crippen molar-refractivity contribution in [2.45, 2.75) is 40.7 Å². The van der Waals surface area contributed by atoms with Gasteiger partial charge in [-0.25, -0.2) is 0 Å². The van der Waals surface area contributed by atoms with E-state index in [4.69, 9.17) is 4.42 Å². The van der Waals surface area contributed by atoms with E-state index in [2.05, 4.69) is 5.32 Å². The molecule has 114 valence electrons. The molecule has 0 saturated carbocycles. The van der Waals surface area contributed by atoms with Crippen molar-refractivity contribution in [3.05, 3.63) is 34.6 Å². The monoisotopic (exact) mass is 289 g/mol. The maximum absolute atomic E-state index is 12.3. The first-order valence-electron chi connectivity index (χ1n) is 7.28. The second-order valence-corrected chi connectivity index (χ2v) is 5.98. The Morgan fingerprint density at radius 1 is 1.24 bits per heavy atom. The van der Waals surface area contributed by atoms with E-state index in [1.165, 1.54) is 0 Å². The van der Waals surface area contributed by atoms with Gasteiger partial charge in [0.25, 0.3) is 5.91 Å². The Labute approximate surface area is 125 Å². The lowest BCUT2D eigenvalue weighted by atomic mass is 10.0. The standard InChI is InChI=1S/C17H23NO3/c1-9(2)13(19)8-18-17(20)16-12(5)14-10(3)6-7-11(4)15(14)21-16/h6-7,9,13,19H,8H2,1-5H3,(H,18,20). The molecule has 4 heteroatoms. The molecule has 0 aliphatic carbocycles. The van der Waals surface area contributed by atoms with Gasteiger partial charge < -0.3 is 14.8 Å². The van der Waals surface area contributed by atoms with Crippen molar-refractivity contribution in [1.29, 1.82) is 0 Å². The molecule has 1 aromatic heterocycles. The minimum Gasteiger partial charge on any atom is -0.450 e. The van der Waals surface area contributed by atoms with E-state index in [0.29, 0.717) is 5.76 Å². The van der Waals surface area contributed by atoms with Crippen molar-refractivity contribution in [2.75, 3.05) is 6.54 Å². The zero-order chi connectivity index (χ0) is 15.7. The van der Waals surface area contributed by atoms with Gasteiger partial charge in [0, 0.05) is 17.5 Å². The Bertz CT molecular complexity index is 670. The van der Waals surface area contributed by atoms with Gasteiger partial charge in [0.1, 0.15) is 5.58 Å². The predicted molar refractivity (Wildman–Crippen MR) is 83.6 cm³/mol. The van der Waals surface area contributed by atoms with E-state index < -0.39 is 6.10 Å². The molecule has 21 heavy (non-hydrogen) atoms. The molecule has 1 atom stereocenters. The van der Waals surface area contributed by atoms with Crippen LogP contribution in [0, 0.1) is 26.7 Å². The molecule has 1 aromatic carbocycles. The molecule has 0 radical (unpaired) electrons. The van der Waals surface area contributed by atoms with E-state index in [1.54, 1.807) is 0 Å². The molecular weight excluding hydrogens is 266 g/mol. The van der Waals surface area contributed by atoms with Crippen molar-refractivity contribution in [3.8, 4) is 0 Å². The number of furan rings is 1.